The lowest BCUT2D eigenvalue weighted by Gasteiger charge is -2.33. The fourth-order valence-electron chi connectivity index (χ4n) is 3.74. The highest BCUT2D eigenvalue weighted by Gasteiger charge is 2.45. The highest BCUT2D eigenvalue weighted by molar-refractivity contribution is 5.83. The number of amides is 1. The first kappa shape index (κ1) is 19.7. The molecule has 158 valence electrons. The number of methoxy groups -OCH3 is 1. The summed E-state index contributed by atoms with van der Waals surface area (Å²) in [6.07, 6.45) is 7.30. The van der Waals surface area contributed by atoms with Crippen molar-refractivity contribution in [3.05, 3.63) is 36.2 Å². The molecule has 1 amide bonds. The summed E-state index contributed by atoms with van der Waals surface area (Å²) in [6, 6.07) is 9.74. The molecular weight excluding hydrogens is 368 g/mol. The molecule has 7 heteroatoms. The van der Waals surface area contributed by atoms with Gasteiger partial charge in [0.15, 0.2) is 0 Å². The molecule has 5 rings (SSSR count). The van der Waals surface area contributed by atoms with Crippen molar-refractivity contribution in [2.45, 2.75) is 57.4 Å². The number of benzene rings is 1. The zero-order chi connectivity index (χ0) is 20.3. The van der Waals surface area contributed by atoms with Crippen molar-refractivity contribution in [1.29, 1.82) is 0 Å². The van der Waals surface area contributed by atoms with Crippen molar-refractivity contribution >= 4 is 11.9 Å². The molecule has 1 atom stereocenters. The number of rotatable bonds is 5. The van der Waals surface area contributed by atoms with Crippen LogP contribution in [0.4, 0.5) is 6.01 Å². The number of hydrogen-bond acceptors (Lipinski definition) is 6. The number of para-hydroxylation sites is 1. The minimum atomic E-state index is -0.314. The van der Waals surface area contributed by atoms with Crippen LogP contribution in [0.15, 0.2) is 34.7 Å². The van der Waals surface area contributed by atoms with Gasteiger partial charge in [-0.15, -0.1) is 5.10 Å². The maximum Gasteiger partial charge on any atom is 0.316 e. The summed E-state index contributed by atoms with van der Waals surface area (Å²) in [5, 5.41) is 11.1. The first-order valence-corrected chi connectivity index (χ1v) is 10.6. The van der Waals surface area contributed by atoms with Gasteiger partial charge in [-0.25, -0.2) is 0 Å². The van der Waals surface area contributed by atoms with Gasteiger partial charge >= 0.3 is 6.01 Å². The second kappa shape index (κ2) is 8.43. The van der Waals surface area contributed by atoms with Crippen LogP contribution in [0.3, 0.4) is 0 Å². The number of carbonyl (C=O) groups is 1. The maximum atomic E-state index is 12.5. The molecule has 0 bridgehead atoms. The number of anilines is 1. The van der Waals surface area contributed by atoms with Crippen LogP contribution >= 0.6 is 0 Å². The molecule has 1 aliphatic heterocycles. The van der Waals surface area contributed by atoms with E-state index >= 15 is 0 Å². The van der Waals surface area contributed by atoms with Crippen LogP contribution in [-0.2, 0) is 4.79 Å². The number of likely N-dealkylation sites (tertiary alicyclic amines) is 1. The highest BCUT2D eigenvalue weighted by Crippen LogP contribution is 2.53. The number of aromatic nitrogens is 2. The fraction of sp³-hybridized carbons (Fsp3) is 0.591. The van der Waals surface area contributed by atoms with Crippen LogP contribution in [0.5, 0.6) is 5.75 Å². The molecule has 29 heavy (non-hydrogen) atoms. The van der Waals surface area contributed by atoms with E-state index in [1.54, 1.807) is 7.11 Å². The Balaban J connectivity index is 0.000000242. The molecule has 0 unspecified atom stereocenters. The summed E-state index contributed by atoms with van der Waals surface area (Å²) in [7, 11) is 1.66. The Morgan fingerprint density at radius 2 is 1.90 bits per heavy atom. The van der Waals surface area contributed by atoms with E-state index in [2.05, 4.69) is 15.5 Å². The minimum Gasteiger partial charge on any atom is -0.497 e. The largest absolute Gasteiger partial charge is 0.497 e. The predicted octanol–water partition coefficient (Wildman–Crippen LogP) is 4.09. The van der Waals surface area contributed by atoms with Crippen molar-refractivity contribution < 1.29 is 15.4 Å². The summed E-state index contributed by atoms with van der Waals surface area (Å²) >= 11 is 0. The molecule has 0 radical (unpaired) electrons. The van der Waals surface area contributed by atoms with Crippen LogP contribution in [0, 0.1) is 5.41 Å². The molecule has 1 spiro atoms. The van der Waals surface area contributed by atoms with Gasteiger partial charge in [0.1, 0.15) is 11.8 Å². The van der Waals surface area contributed by atoms with Gasteiger partial charge in [-0.3, -0.25) is 4.79 Å². The van der Waals surface area contributed by atoms with Crippen LogP contribution in [0.2, 0.25) is 0 Å². The van der Waals surface area contributed by atoms with Gasteiger partial charge in [0, 0.05) is 20.4 Å². The number of carbonyl (C=O) groups excluding carboxylic acids is 1. The fourth-order valence-corrected chi connectivity index (χ4v) is 3.74. The normalized spacial score (nSPS) is 20.4. The third kappa shape index (κ3) is 5.08. The molecule has 2 heterocycles. The van der Waals surface area contributed by atoms with E-state index in [-0.39, 0.29) is 13.4 Å². The first-order valence-electron chi connectivity index (χ1n) is 10.6. The lowest BCUT2D eigenvalue weighted by atomic mass is 9.93. The predicted molar refractivity (Wildman–Crippen MR) is 112 cm³/mol. The van der Waals surface area contributed by atoms with Crippen molar-refractivity contribution in [2.24, 2.45) is 5.41 Å². The van der Waals surface area contributed by atoms with E-state index in [0.717, 1.165) is 44.5 Å². The van der Waals surface area contributed by atoms with Gasteiger partial charge in [-0.05, 0) is 63.0 Å². The van der Waals surface area contributed by atoms with Crippen molar-refractivity contribution in [2.75, 3.05) is 25.5 Å². The molecule has 2 aromatic rings. The van der Waals surface area contributed by atoms with E-state index in [0.29, 0.717) is 23.2 Å². The van der Waals surface area contributed by atoms with Gasteiger partial charge in [0.05, 0.1) is 7.11 Å². The quantitative estimate of drug-likeness (QED) is 0.814. The molecular formula is C22H32N4O3. The monoisotopic (exact) mass is 400 g/mol. The van der Waals surface area contributed by atoms with Gasteiger partial charge < -0.3 is 19.4 Å². The number of piperidine rings is 1. The Bertz CT molecular complexity index is 811. The summed E-state index contributed by atoms with van der Waals surface area (Å²) in [6.45, 7) is 3.65. The van der Waals surface area contributed by atoms with Crippen LogP contribution in [-0.4, -0.2) is 47.2 Å². The average molecular weight is 401 g/mol. The zero-order valence-electron chi connectivity index (χ0n) is 17.3. The Kier molecular flexibility index (Phi) is 5.74. The van der Waals surface area contributed by atoms with Crippen LogP contribution < -0.4 is 10.1 Å². The number of hydrogen-bond donors (Lipinski definition) is 1. The number of ether oxygens (including phenoxy) is 1. The minimum absolute atomic E-state index is 0. The topological polar surface area (TPSA) is 80.5 Å². The zero-order valence-corrected chi connectivity index (χ0v) is 17.3. The second-order valence-corrected chi connectivity index (χ2v) is 8.43. The number of nitrogens with zero attached hydrogens (tertiary/aromatic N) is 3. The maximum absolute atomic E-state index is 12.5. The summed E-state index contributed by atoms with van der Waals surface area (Å²) in [5.74, 6) is 2.19. The van der Waals surface area contributed by atoms with Crippen LogP contribution in [0.25, 0.3) is 0 Å². The van der Waals surface area contributed by atoms with E-state index in [9.17, 15) is 4.79 Å². The van der Waals surface area contributed by atoms with Crippen molar-refractivity contribution in [3.8, 4) is 5.75 Å². The van der Waals surface area contributed by atoms with Crippen molar-refractivity contribution in [3.63, 3.8) is 0 Å². The lowest BCUT2D eigenvalue weighted by Crippen LogP contribution is -2.45. The Morgan fingerprint density at radius 1 is 1.21 bits per heavy atom. The first-order chi connectivity index (χ1) is 14.1. The molecule has 2 aliphatic carbocycles. The summed E-state index contributed by atoms with van der Waals surface area (Å²) in [4.78, 5) is 14.4. The van der Waals surface area contributed by atoms with Gasteiger partial charge in [0.25, 0.3) is 0 Å². The Labute approximate surface area is 173 Å². The molecule has 7 nitrogen and oxygen atoms in total. The molecule has 2 saturated carbocycles. The molecule has 1 N–H and O–H groups in total. The third-order valence-electron chi connectivity index (χ3n) is 6.15. The third-order valence-corrected chi connectivity index (χ3v) is 6.15. The average Bonchev–Trinajstić information content (AvgIpc) is 3.70. The van der Waals surface area contributed by atoms with Crippen molar-refractivity contribution in [1.82, 2.24) is 15.1 Å². The Hall–Kier alpha value is -2.57. The van der Waals surface area contributed by atoms with E-state index in [4.69, 9.17) is 9.15 Å². The number of nitrogens with one attached hydrogen (secondary N) is 1. The molecule has 3 aliphatic rings. The van der Waals surface area contributed by atoms with E-state index < -0.39 is 0 Å². The summed E-state index contributed by atoms with van der Waals surface area (Å²) < 4.78 is 10.5. The summed E-state index contributed by atoms with van der Waals surface area (Å²) in [5.41, 5.74) is 0.596. The van der Waals surface area contributed by atoms with Gasteiger partial charge in [0.2, 0.25) is 11.8 Å². The SMILES string of the molecule is COc1ccccc1.C[C@@H](Nc1nnc(C2CC2)o1)C(=O)N1CCC2(CC1)CC2.[HH]. The van der Waals surface area contributed by atoms with Gasteiger partial charge in [-0.1, -0.05) is 23.3 Å². The molecule has 1 aromatic carbocycles. The van der Waals surface area contributed by atoms with Gasteiger partial charge in [-0.2, -0.15) is 0 Å². The molecule has 1 saturated heterocycles. The lowest BCUT2D eigenvalue weighted by molar-refractivity contribution is -0.133. The molecule has 1 aromatic heterocycles. The van der Waals surface area contributed by atoms with Crippen LogP contribution in [0.1, 0.15) is 58.7 Å². The molecule has 3 fully saturated rings. The highest BCUT2D eigenvalue weighted by atomic mass is 16.5. The standard InChI is InChI=1S/C15H22N4O2.C7H8O.H2/c1-10(16-14-18-17-12(21-14)11-2-3-11)13(20)19-8-6-15(4-5-15)7-9-19;1-8-7-5-3-2-4-6-7;/h10-11H,2-9H2,1H3,(H,16,18);2-6H,1H3;1H/t10-;;/m1../s1. The van der Waals surface area contributed by atoms with E-state index in [1.807, 2.05) is 42.2 Å². The second-order valence-electron chi connectivity index (χ2n) is 8.43. The van der Waals surface area contributed by atoms with E-state index in [1.165, 1.54) is 12.8 Å². The Morgan fingerprint density at radius 3 is 2.45 bits per heavy atom. The smallest absolute Gasteiger partial charge is 0.316 e.